The van der Waals surface area contributed by atoms with Crippen molar-refractivity contribution >= 4 is 27.3 Å². The van der Waals surface area contributed by atoms with Gasteiger partial charge in [0.05, 0.1) is 16.3 Å². The number of rotatable bonds is 5. The number of amides is 1. The number of carbonyl (C=O) groups is 1. The first-order valence-electron chi connectivity index (χ1n) is 8.53. The first-order valence-corrected chi connectivity index (χ1v) is 10.0. The summed E-state index contributed by atoms with van der Waals surface area (Å²) in [4.78, 5) is 12.6. The molecule has 0 heterocycles. The molecular formula is C21H19FN2O3S. The zero-order valence-corrected chi connectivity index (χ0v) is 16.2. The lowest BCUT2D eigenvalue weighted by atomic mass is 10.0. The lowest BCUT2D eigenvalue weighted by Gasteiger charge is -2.14. The lowest BCUT2D eigenvalue weighted by Crippen LogP contribution is -2.18. The van der Waals surface area contributed by atoms with Crippen molar-refractivity contribution in [1.82, 2.24) is 0 Å². The number of hydrogen-bond acceptors (Lipinski definition) is 3. The van der Waals surface area contributed by atoms with Gasteiger partial charge in [-0.05, 0) is 67.4 Å². The molecular weight excluding hydrogens is 379 g/mol. The maximum absolute atomic E-state index is 13.1. The van der Waals surface area contributed by atoms with Crippen LogP contribution in [0.4, 0.5) is 15.8 Å². The summed E-state index contributed by atoms with van der Waals surface area (Å²) < 4.78 is 40.7. The van der Waals surface area contributed by atoms with Crippen molar-refractivity contribution in [3.63, 3.8) is 0 Å². The van der Waals surface area contributed by atoms with Gasteiger partial charge in [0.2, 0.25) is 0 Å². The smallest absolute Gasteiger partial charge is 0.261 e. The molecule has 3 aromatic rings. The zero-order valence-electron chi connectivity index (χ0n) is 15.4. The molecule has 0 aliphatic carbocycles. The van der Waals surface area contributed by atoms with Gasteiger partial charge in [-0.3, -0.25) is 9.52 Å². The second-order valence-corrected chi connectivity index (χ2v) is 7.99. The van der Waals surface area contributed by atoms with Crippen LogP contribution in [-0.2, 0) is 10.0 Å². The third-order valence-electron chi connectivity index (χ3n) is 4.39. The normalized spacial score (nSPS) is 11.1. The van der Waals surface area contributed by atoms with Gasteiger partial charge in [-0.1, -0.05) is 24.3 Å². The van der Waals surface area contributed by atoms with Crippen LogP contribution in [0.5, 0.6) is 0 Å². The average molecular weight is 398 g/mol. The van der Waals surface area contributed by atoms with E-state index in [-0.39, 0.29) is 16.5 Å². The second kappa shape index (κ2) is 7.82. The fraction of sp³-hybridized carbons (Fsp3) is 0.0952. The molecule has 0 aliphatic rings. The molecule has 0 aromatic heterocycles. The number of hydrogen-bond donors (Lipinski definition) is 2. The Bertz CT molecular complexity index is 1130. The quantitative estimate of drug-likeness (QED) is 0.665. The van der Waals surface area contributed by atoms with E-state index in [4.69, 9.17) is 0 Å². The topological polar surface area (TPSA) is 75.3 Å². The van der Waals surface area contributed by atoms with E-state index >= 15 is 0 Å². The third kappa shape index (κ3) is 4.20. The van der Waals surface area contributed by atoms with E-state index in [1.165, 1.54) is 12.1 Å². The van der Waals surface area contributed by atoms with Gasteiger partial charge in [-0.2, -0.15) is 0 Å². The zero-order chi connectivity index (χ0) is 20.3. The predicted octanol–water partition coefficient (Wildman–Crippen LogP) is 4.50. The lowest BCUT2D eigenvalue weighted by molar-refractivity contribution is 0.102. The van der Waals surface area contributed by atoms with Crippen molar-refractivity contribution in [2.24, 2.45) is 0 Å². The molecule has 0 fully saturated rings. The Hall–Kier alpha value is -3.19. The molecule has 0 radical (unpaired) electrons. The van der Waals surface area contributed by atoms with E-state index in [1.54, 1.807) is 36.4 Å². The largest absolute Gasteiger partial charge is 0.320 e. The van der Waals surface area contributed by atoms with Gasteiger partial charge >= 0.3 is 0 Å². The number of sulfonamides is 1. The number of nitrogens with one attached hydrogen (secondary N) is 2. The summed E-state index contributed by atoms with van der Waals surface area (Å²) >= 11 is 0. The SMILES string of the molecule is Cc1cccc(C(=O)Nc2ccccc2NS(=O)(=O)c2ccc(F)cc2)c1C. The maximum Gasteiger partial charge on any atom is 0.261 e. The number of benzene rings is 3. The van der Waals surface area contributed by atoms with Crippen molar-refractivity contribution in [2.75, 3.05) is 10.0 Å². The highest BCUT2D eigenvalue weighted by molar-refractivity contribution is 7.92. The molecule has 0 spiro atoms. The van der Waals surface area contributed by atoms with Crippen LogP contribution in [0.2, 0.25) is 0 Å². The van der Waals surface area contributed by atoms with Crippen molar-refractivity contribution < 1.29 is 17.6 Å². The minimum Gasteiger partial charge on any atom is -0.320 e. The average Bonchev–Trinajstić information content (AvgIpc) is 2.65. The van der Waals surface area contributed by atoms with Crippen LogP contribution in [-0.4, -0.2) is 14.3 Å². The molecule has 2 N–H and O–H groups in total. The van der Waals surface area contributed by atoms with Crippen molar-refractivity contribution in [2.45, 2.75) is 18.7 Å². The molecule has 1 amide bonds. The van der Waals surface area contributed by atoms with Gasteiger partial charge in [0, 0.05) is 5.56 Å². The highest BCUT2D eigenvalue weighted by atomic mass is 32.2. The Labute approximate surface area is 163 Å². The summed E-state index contributed by atoms with van der Waals surface area (Å²) in [5, 5.41) is 2.75. The molecule has 144 valence electrons. The van der Waals surface area contributed by atoms with Gasteiger partial charge < -0.3 is 5.32 Å². The molecule has 0 unspecified atom stereocenters. The van der Waals surface area contributed by atoms with E-state index < -0.39 is 15.8 Å². The highest BCUT2D eigenvalue weighted by Crippen LogP contribution is 2.25. The molecule has 0 bridgehead atoms. The van der Waals surface area contributed by atoms with Crippen molar-refractivity contribution in [3.05, 3.63) is 89.2 Å². The summed E-state index contributed by atoms with van der Waals surface area (Å²) in [5.74, 6) is -0.866. The monoisotopic (exact) mass is 398 g/mol. The Balaban J connectivity index is 1.88. The van der Waals surface area contributed by atoms with Gasteiger partial charge in [0.1, 0.15) is 5.82 Å². The number of para-hydroxylation sites is 2. The fourth-order valence-corrected chi connectivity index (χ4v) is 3.77. The summed E-state index contributed by atoms with van der Waals surface area (Å²) in [6.07, 6.45) is 0. The van der Waals surface area contributed by atoms with Crippen molar-refractivity contribution in [3.8, 4) is 0 Å². The molecule has 5 nitrogen and oxygen atoms in total. The van der Waals surface area contributed by atoms with E-state index in [0.29, 0.717) is 11.3 Å². The van der Waals surface area contributed by atoms with Crippen LogP contribution in [0.25, 0.3) is 0 Å². The summed E-state index contributed by atoms with van der Waals surface area (Å²) in [7, 11) is -3.94. The number of anilines is 2. The van der Waals surface area contributed by atoms with Crippen LogP contribution >= 0.6 is 0 Å². The van der Waals surface area contributed by atoms with E-state index in [0.717, 1.165) is 23.3 Å². The Morgan fingerprint density at radius 2 is 1.50 bits per heavy atom. The molecule has 0 aliphatic heterocycles. The van der Waals surface area contributed by atoms with Gasteiger partial charge in [-0.15, -0.1) is 0 Å². The second-order valence-electron chi connectivity index (χ2n) is 6.31. The molecule has 3 rings (SSSR count). The van der Waals surface area contributed by atoms with Gasteiger partial charge in [0.25, 0.3) is 15.9 Å². The Kier molecular flexibility index (Phi) is 5.46. The molecule has 28 heavy (non-hydrogen) atoms. The predicted molar refractivity (Wildman–Crippen MR) is 108 cm³/mol. The first-order chi connectivity index (χ1) is 13.3. The number of aryl methyl sites for hydroxylation is 1. The first kappa shape index (κ1) is 19.6. The Morgan fingerprint density at radius 1 is 0.857 bits per heavy atom. The van der Waals surface area contributed by atoms with Crippen LogP contribution in [0, 0.1) is 19.7 Å². The van der Waals surface area contributed by atoms with Gasteiger partial charge in [0.15, 0.2) is 0 Å². The minimum absolute atomic E-state index is 0.0791. The number of carbonyl (C=O) groups excluding carboxylic acids is 1. The van der Waals surface area contributed by atoms with E-state index in [2.05, 4.69) is 10.0 Å². The molecule has 0 atom stereocenters. The molecule has 0 saturated carbocycles. The third-order valence-corrected chi connectivity index (χ3v) is 5.77. The van der Waals surface area contributed by atoms with Crippen LogP contribution in [0.3, 0.4) is 0 Å². The minimum atomic E-state index is -3.94. The van der Waals surface area contributed by atoms with Crippen LogP contribution < -0.4 is 10.0 Å². The van der Waals surface area contributed by atoms with E-state index in [1.807, 2.05) is 19.9 Å². The Morgan fingerprint density at radius 3 is 2.18 bits per heavy atom. The maximum atomic E-state index is 13.1. The summed E-state index contributed by atoms with van der Waals surface area (Å²) in [6, 6.07) is 16.4. The molecule has 7 heteroatoms. The fourth-order valence-electron chi connectivity index (χ4n) is 2.69. The summed E-state index contributed by atoms with van der Waals surface area (Å²) in [5.41, 5.74) is 2.88. The van der Waals surface area contributed by atoms with E-state index in [9.17, 15) is 17.6 Å². The highest BCUT2D eigenvalue weighted by Gasteiger charge is 2.18. The molecule has 3 aromatic carbocycles. The standard InChI is InChI=1S/C21H19FN2O3S/c1-14-6-5-7-18(15(14)2)21(25)23-19-8-3-4-9-20(19)24-28(26,27)17-12-10-16(22)11-13-17/h3-13,24H,1-2H3,(H,23,25). The van der Waals surface area contributed by atoms with Gasteiger partial charge in [-0.25, -0.2) is 12.8 Å². The molecule has 0 saturated heterocycles. The van der Waals surface area contributed by atoms with Crippen molar-refractivity contribution in [1.29, 1.82) is 0 Å². The van der Waals surface area contributed by atoms with Crippen LogP contribution in [0.15, 0.2) is 71.6 Å². The number of halogens is 1. The summed E-state index contributed by atoms with van der Waals surface area (Å²) in [6.45, 7) is 3.77. The van der Waals surface area contributed by atoms with Crippen LogP contribution in [0.1, 0.15) is 21.5 Å².